The summed E-state index contributed by atoms with van der Waals surface area (Å²) in [7, 11) is 0. The summed E-state index contributed by atoms with van der Waals surface area (Å²) in [6.07, 6.45) is 0.818. The summed E-state index contributed by atoms with van der Waals surface area (Å²) in [5.41, 5.74) is 0.147. The Morgan fingerprint density at radius 3 is 2.94 bits per heavy atom. The molecule has 3 nitrogen and oxygen atoms in total. The zero-order chi connectivity index (χ0) is 13.3. The SMILES string of the molecule is C[C@H]1OCC[C@@]1(C)NC(=O)c1cc(Br)ccc1Cl. The van der Waals surface area contributed by atoms with Crippen molar-refractivity contribution in [2.45, 2.75) is 31.9 Å². The van der Waals surface area contributed by atoms with E-state index in [0.717, 1.165) is 10.9 Å². The number of hydrogen-bond acceptors (Lipinski definition) is 2. The molecule has 0 radical (unpaired) electrons. The highest BCUT2D eigenvalue weighted by Crippen LogP contribution is 2.27. The molecular formula is C13H15BrClNO2. The number of halogens is 2. The van der Waals surface area contributed by atoms with Gasteiger partial charge in [-0.25, -0.2) is 0 Å². The van der Waals surface area contributed by atoms with E-state index in [1.807, 2.05) is 19.9 Å². The maximum absolute atomic E-state index is 12.3. The molecule has 0 aromatic heterocycles. The number of carbonyl (C=O) groups excluding carboxylic acids is 1. The van der Waals surface area contributed by atoms with Crippen molar-refractivity contribution >= 4 is 33.4 Å². The van der Waals surface area contributed by atoms with Crippen LogP contribution >= 0.6 is 27.5 Å². The number of rotatable bonds is 2. The molecular weight excluding hydrogens is 318 g/mol. The van der Waals surface area contributed by atoms with Gasteiger partial charge >= 0.3 is 0 Å². The first-order chi connectivity index (χ1) is 8.42. The third kappa shape index (κ3) is 2.71. The van der Waals surface area contributed by atoms with Crippen molar-refractivity contribution in [3.05, 3.63) is 33.3 Å². The molecule has 1 aromatic carbocycles. The van der Waals surface area contributed by atoms with Crippen LogP contribution in [0.15, 0.2) is 22.7 Å². The monoisotopic (exact) mass is 331 g/mol. The summed E-state index contributed by atoms with van der Waals surface area (Å²) in [6.45, 7) is 4.63. The fourth-order valence-electron chi connectivity index (χ4n) is 2.00. The highest BCUT2D eigenvalue weighted by atomic mass is 79.9. The van der Waals surface area contributed by atoms with Crippen molar-refractivity contribution in [2.24, 2.45) is 0 Å². The second kappa shape index (κ2) is 5.19. The predicted octanol–water partition coefficient (Wildman–Crippen LogP) is 3.40. The Balaban J connectivity index is 2.19. The summed E-state index contributed by atoms with van der Waals surface area (Å²) in [5.74, 6) is -0.166. The van der Waals surface area contributed by atoms with Crippen LogP contribution in [0.2, 0.25) is 5.02 Å². The molecule has 2 rings (SSSR count). The van der Waals surface area contributed by atoms with E-state index in [0.29, 0.717) is 17.2 Å². The van der Waals surface area contributed by atoms with Gasteiger partial charge < -0.3 is 10.1 Å². The van der Waals surface area contributed by atoms with Gasteiger partial charge in [0.2, 0.25) is 0 Å². The second-order valence-electron chi connectivity index (χ2n) is 4.76. The molecule has 1 N–H and O–H groups in total. The van der Waals surface area contributed by atoms with Crippen LogP contribution < -0.4 is 5.32 Å². The summed E-state index contributed by atoms with van der Waals surface area (Å²) in [6, 6.07) is 5.24. The Kier molecular flexibility index (Phi) is 3.99. The largest absolute Gasteiger partial charge is 0.376 e. The van der Waals surface area contributed by atoms with Crippen LogP contribution in [-0.4, -0.2) is 24.2 Å². The lowest BCUT2D eigenvalue weighted by molar-refractivity contribution is 0.0727. The van der Waals surface area contributed by atoms with Crippen molar-refractivity contribution in [3.63, 3.8) is 0 Å². The third-order valence-electron chi connectivity index (χ3n) is 3.46. The molecule has 0 saturated carbocycles. The molecule has 18 heavy (non-hydrogen) atoms. The van der Waals surface area contributed by atoms with Crippen LogP contribution in [0.5, 0.6) is 0 Å². The highest BCUT2D eigenvalue weighted by Gasteiger charge is 2.38. The Bertz CT molecular complexity index is 480. The fourth-order valence-corrected chi connectivity index (χ4v) is 2.56. The van der Waals surface area contributed by atoms with Gasteiger partial charge in [-0.15, -0.1) is 0 Å². The van der Waals surface area contributed by atoms with Crippen molar-refractivity contribution < 1.29 is 9.53 Å². The van der Waals surface area contributed by atoms with Gasteiger partial charge in [0.15, 0.2) is 0 Å². The van der Waals surface area contributed by atoms with Crippen molar-refractivity contribution in [1.29, 1.82) is 0 Å². The van der Waals surface area contributed by atoms with Crippen LogP contribution in [0.4, 0.5) is 0 Å². The zero-order valence-corrected chi connectivity index (χ0v) is 12.6. The number of benzene rings is 1. The minimum atomic E-state index is -0.331. The van der Waals surface area contributed by atoms with Gasteiger partial charge in [0.25, 0.3) is 5.91 Å². The molecule has 1 heterocycles. The number of amides is 1. The Labute approximate surface area is 120 Å². The molecule has 1 aromatic rings. The molecule has 1 aliphatic heterocycles. The van der Waals surface area contributed by atoms with E-state index in [4.69, 9.17) is 16.3 Å². The highest BCUT2D eigenvalue weighted by molar-refractivity contribution is 9.10. The van der Waals surface area contributed by atoms with E-state index >= 15 is 0 Å². The van der Waals surface area contributed by atoms with E-state index in [1.54, 1.807) is 12.1 Å². The average molecular weight is 333 g/mol. The molecule has 2 atom stereocenters. The number of nitrogens with one attached hydrogen (secondary N) is 1. The van der Waals surface area contributed by atoms with Crippen LogP contribution in [0.3, 0.4) is 0 Å². The van der Waals surface area contributed by atoms with E-state index in [2.05, 4.69) is 21.2 Å². The molecule has 0 spiro atoms. The van der Waals surface area contributed by atoms with Gasteiger partial charge in [-0.1, -0.05) is 27.5 Å². The topological polar surface area (TPSA) is 38.3 Å². The molecule has 1 saturated heterocycles. The number of ether oxygens (including phenoxy) is 1. The Morgan fingerprint density at radius 1 is 1.61 bits per heavy atom. The Hall–Kier alpha value is -0.580. The number of carbonyl (C=O) groups is 1. The maximum atomic E-state index is 12.3. The summed E-state index contributed by atoms with van der Waals surface area (Å²) in [5, 5.41) is 3.47. The molecule has 0 unspecified atom stereocenters. The second-order valence-corrected chi connectivity index (χ2v) is 6.08. The van der Waals surface area contributed by atoms with Crippen molar-refractivity contribution in [3.8, 4) is 0 Å². The first-order valence-electron chi connectivity index (χ1n) is 5.81. The lowest BCUT2D eigenvalue weighted by Crippen LogP contribution is -2.50. The van der Waals surface area contributed by atoms with E-state index < -0.39 is 0 Å². The zero-order valence-electron chi connectivity index (χ0n) is 10.3. The molecule has 0 aliphatic carbocycles. The standard InChI is InChI=1S/C13H15BrClNO2/c1-8-13(2,5-6-18-8)16-12(17)10-7-9(14)3-4-11(10)15/h3-4,7-8H,5-6H2,1-2H3,(H,16,17)/t8-,13-/m1/s1. The third-order valence-corrected chi connectivity index (χ3v) is 4.28. The van der Waals surface area contributed by atoms with Crippen molar-refractivity contribution in [1.82, 2.24) is 5.32 Å². The molecule has 1 fully saturated rings. The average Bonchev–Trinajstić information content (AvgIpc) is 2.62. The van der Waals surface area contributed by atoms with Gasteiger partial charge in [-0.2, -0.15) is 0 Å². The van der Waals surface area contributed by atoms with Gasteiger partial charge in [0.05, 0.1) is 22.2 Å². The Morgan fingerprint density at radius 2 is 2.33 bits per heavy atom. The predicted molar refractivity (Wildman–Crippen MR) is 75.1 cm³/mol. The van der Waals surface area contributed by atoms with Gasteiger partial charge in [-0.3, -0.25) is 4.79 Å². The van der Waals surface area contributed by atoms with Gasteiger partial charge in [0, 0.05) is 11.1 Å². The minimum absolute atomic E-state index is 0.00683. The van der Waals surface area contributed by atoms with E-state index in [-0.39, 0.29) is 17.6 Å². The van der Waals surface area contributed by atoms with Gasteiger partial charge in [-0.05, 0) is 38.5 Å². The first-order valence-corrected chi connectivity index (χ1v) is 6.99. The molecule has 98 valence electrons. The van der Waals surface area contributed by atoms with Gasteiger partial charge in [0.1, 0.15) is 0 Å². The first kappa shape index (κ1) is 13.8. The van der Waals surface area contributed by atoms with Crippen LogP contribution in [-0.2, 0) is 4.74 Å². The lowest BCUT2D eigenvalue weighted by atomic mass is 9.94. The molecule has 5 heteroatoms. The maximum Gasteiger partial charge on any atom is 0.253 e. The normalized spacial score (nSPS) is 27.2. The minimum Gasteiger partial charge on any atom is -0.376 e. The molecule has 1 aliphatic rings. The molecule has 1 amide bonds. The van der Waals surface area contributed by atoms with Crippen LogP contribution in [0.1, 0.15) is 30.6 Å². The smallest absolute Gasteiger partial charge is 0.253 e. The summed E-state index contributed by atoms with van der Waals surface area (Å²) in [4.78, 5) is 12.3. The van der Waals surface area contributed by atoms with E-state index in [9.17, 15) is 4.79 Å². The fraction of sp³-hybridized carbons (Fsp3) is 0.462. The quantitative estimate of drug-likeness (QED) is 0.901. The van der Waals surface area contributed by atoms with Crippen LogP contribution in [0.25, 0.3) is 0 Å². The molecule has 0 bridgehead atoms. The number of hydrogen-bond donors (Lipinski definition) is 1. The summed E-state index contributed by atoms with van der Waals surface area (Å²) < 4.78 is 6.33. The summed E-state index contributed by atoms with van der Waals surface area (Å²) >= 11 is 9.38. The van der Waals surface area contributed by atoms with E-state index in [1.165, 1.54) is 0 Å². The van der Waals surface area contributed by atoms with Crippen molar-refractivity contribution in [2.75, 3.05) is 6.61 Å². The lowest BCUT2D eigenvalue weighted by Gasteiger charge is -2.29. The van der Waals surface area contributed by atoms with Crippen LogP contribution in [0, 0.1) is 0 Å².